The van der Waals surface area contributed by atoms with E-state index in [9.17, 15) is 13.2 Å². The number of sulfonamides is 1. The van der Waals surface area contributed by atoms with Crippen molar-refractivity contribution in [2.45, 2.75) is 11.3 Å². The number of anilines is 1. The summed E-state index contributed by atoms with van der Waals surface area (Å²) >= 11 is 0. The fraction of sp³-hybridized carbons (Fsp3) is 0.333. The molecule has 1 aliphatic heterocycles. The normalized spacial score (nSPS) is 14.8. The second kappa shape index (κ2) is 8.47. The molecule has 8 nitrogen and oxygen atoms in total. The summed E-state index contributed by atoms with van der Waals surface area (Å²) < 4.78 is 27.8. The van der Waals surface area contributed by atoms with Gasteiger partial charge in [-0.05, 0) is 36.2 Å². The van der Waals surface area contributed by atoms with E-state index in [2.05, 4.69) is 15.2 Å². The van der Waals surface area contributed by atoms with Gasteiger partial charge in [0, 0.05) is 31.4 Å². The van der Waals surface area contributed by atoms with Gasteiger partial charge in [0.1, 0.15) is 5.82 Å². The van der Waals surface area contributed by atoms with Gasteiger partial charge in [0.15, 0.2) is 0 Å². The number of carbonyl (C=O) groups is 1. The summed E-state index contributed by atoms with van der Waals surface area (Å²) in [6.45, 7) is 3.26. The van der Waals surface area contributed by atoms with Crippen LogP contribution in [0, 0.1) is 0 Å². The molecule has 0 spiro atoms. The monoisotopic (exact) mass is 390 g/mol. The molecule has 1 aliphatic rings. The fourth-order valence-electron chi connectivity index (χ4n) is 2.79. The first-order valence-electron chi connectivity index (χ1n) is 8.62. The van der Waals surface area contributed by atoms with Gasteiger partial charge in [0.25, 0.3) is 5.91 Å². The van der Waals surface area contributed by atoms with Gasteiger partial charge in [-0.2, -0.15) is 0 Å². The lowest BCUT2D eigenvalue weighted by atomic mass is 10.1. The SMILES string of the molecule is NS(=O)(=O)c1ccc(CCNC(=O)c2ccnc(N3CCOCC3)c2)cc1. The van der Waals surface area contributed by atoms with Crippen LogP contribution in [0.4, 0.5) is 5.82 Å². The quantitative estimate of drug-likeness (QED) is 0.744. The second-order valence-corrected chi connectivity index (χ2v) is 7.76. The zero-order chi connectivity index (χ0) is 19.3. The number of hydrogen-bond acceptors (Lipinski definition) is 6. The molecule has 0 saturated carbocycles. The van der Waals surface area contributed by atoms with Crippen molar-refractivity contribution < 1.29 is 17.9 Å². The molecule has 2 aromatic rings. The average Bonchev–Trinajstić information content (AvgIpc) is 2.68. The Morgan fingerprint density at radius 1 is 1.19 bits per heavy atom. The number of primary sulfonamides is 1. The fourth-order valence-corrected chi connectivity index (χ4v) is 3.31. The molecule has 1 aromatic heterocycles. The highest BCUT2D eigenvalue weighted by atomic mass is 32.2. The van der Waals surface area contributed by atoms with Crippen LogP contribution >= 0.6 is 0 Å². The van der Waals surface area contributed by atoms with Crippen LogP contribution in [0.3, 0.4) is 0 Å². The van der Waals surface area contributed by atoms with Gasteiger partial charge in [-0.25, -0.2) is 18.5 Å². The van der Waals surface area contributed by atoms with Crippen molar-refractivity contribution in [2.75, 3.05) is 37.7 Å². The predicted molar refractivity (Wildman–Crippen MR) is 101 cm³/mol. The lowest BCUT2D eigenvalue weighted by molar-refractivity contribution is 0.0954. The van der Waals surface area contributed by atoms with Crippen LogP contribution in [0.1, 0.15) is 15.9 Å². The van der Waals surface area contributed by atoms with Crippen molar-refractivity contribution in [1.29, 1.82) is 0 Å². The Labute approximate surface area is 158 Å². The van der Waals surface area contributed by atoms with E-state index in [0.29, 0.717) is 31.7 Å². The minimum Gasteiger partial charge on any atom is -0.378 e. The van der Waals surface area contributed by atoms with Crippen molar-refractivity contribution in [2.24, 2.45) is 5.14 Å². The van der Waals surface area contributed by atoms with Crippen LogP contribution < -0.4 is 15.4 Å². The number of ether oxygens (including phenoxy) is 1. The summed E-state index contributed by atoms with van der Waals surface area (Å²) in [5.41, 5.74) is 1.46. The largest absolute Gasteiger partial charge is 0.378 e. The number of hydrogen-bond donors (Lipinski definition) is 2. The zero-order valence-electron chi connectivity index (χ0n) is 14.8. The summed E-state index contributed by atoms with van der Waals surface area (Å²) in [6.07, 6.45) is 2.21. The first-order chi connectivity index (χ1) is 12.9. The van der Waals surface area contributed by atoms with E-state index in [-0.39, 0.29) is 10.8 Å². The molecule has 3 N–H and O–H groups in total. The Bertz CT molecular complexity index is 894. The molecular formula is C18H22N4O4S. The van der Waals surface area contributed by atoms with Gasteiger partial charge >= 0.3 is 0 Å². The molecule has 0 bridgehead atoms. The highest BCUT2D eigenvalue weighted by molar-refractivity contribution is 7.89. The van der Waals surface area contributed by atoms with E-state index < -0.39 is 10.0 Å². The third-order valence-corrected chi connectivity index (χ3v) is 5.22. The van der Waals surface area contributed by atoms with Crippen LogP contribution in [0.5, 0.6) is 0 Å². The zero-order valence-corrected chi connectivity index (χ0v) is 15.6. The lowest BCUT2D eigenvalue weighted by Gasteiger charge is -2.27. The van der Waals surface area contributed by atoms with Crippen LogP contribution in [0.2, 0.25) is 0 Å². The van der Waals surface area contributed by atoms with Gasteiger partial charge in [-0.3, -0.25) is 4.79 Å². The molecule has 1 aromatic carbocycles. The molecule has 0 unspecified atom stereocenters. The molecule has 27 heavy (non-hydrogen) atoms. The van der Waals surface area contributed by atoms with Crippen LogP contribution in [-0.2, 0) is 21.2 Å². The molecule has 3 rings (SSSR count). The third kappa shape index (κ3) is 5.25. The Balaban J connectivity index is 1.55. The first-order valence-corrected chi connectivity index (χ1v) is 10.2. The molecular weight excluding hydrogens is 368 g/mol. The number of amides is 1. The summed E-state index contributed by atoms with van der Waals surface area (Å²) in [7, 11) is -3.69. The Morgan fingerprint density at radius 3 is 2.56 bits per heavy atom. The minimum absolute atomic E-state index is 0.0720. The molecule has 9 heteroatoms. The first kappa shape index (κ1) is 19.3. The third-order valence-electron chi connectivity index (χ3n) is 4.29. The molecule has 1 saturated heterocycles. The highest BCUT2D eigenvalue weighted by Gasteiger charge is 2.14. The number of rotatable bonds is 6. The second-order valence-electron chi connectivity index (χ2n) is 6.20. The van der Waals surface area contributed by atoms with Gasteiger partial charge < -0.3 is 15.0 Å². The molecule has 0 atom stereocenters. The van der Waals surface area contributed by atoms with Crippen LogP contribution in [0.25, 0.3) is 0 Å². The van der Waals surface area contributed by atoms with E-state index in [1.807, 2.05) is 0 Å². The van der Waals surface area contributed by atoms with E-state index in [1.165, 1.54) is 12.1 Å². The van der Waals surface area contributed by atoms with Crippen molar-refractivity contribution in [3.05, 3.63) is 53.7 Å². The highest BCUT2D eigenvalue weighted by Crippen LogP contribution is 2.14. The van der Waals surface area contributed by atoms with Crippen LogP contribution in [-0.4, -0.2) is 52.2 Å². The van der Waals surface area contributed by atoms with Crippen molar-refractivity contribution in [3.63, 3.8) is 0 Å². The van der Waals surface area contributed by atoms with Crippen molar-refractivity contribution in [3.8, 4) is 0 Å². The molecule has 0 radical (unpaired) electrons. The smallest absolute Gasteiger partial charge is 0.251 e. The topological polar surface area (TPSA) is 115 Å². The van der Waals surface area contributed by atoms with Gasteiger partial charge in [0.2, 0.25) is 10.0 Å². The van der Waals surface area contributed by atoms with Gasteiger partial charge in [-0.1, -0.05) is 12.1 Å². The minimum atomic E-state index is -3.69. The number of nitrogens with zero attached hydrogens (tertiary/aromatic N) is 2. The number of aromatic nitrogens is 1. The summed E-state index contributed by atoms with van der Waals surface area (Å²) in [4.78, 5) is 18.9. The maximum atomic E-state index is 12.4. The molecule has 144 valence electrons. The Kier molecular flexibility index (Phi) is 6.04. The summed E-state index contributed by atoms with van der Waals surface area (Å²) in [5, 5.41) is 7.95. The Morgan fingerprint density at radius 2 is 1.89 bits per heavy atom. The number of nitrogens with one attached hydrogen (secondary N) is 1. The molecule has 1 amide bonds. The van der Waals surface area contributed by atoms with Gasteiger partial charge in [0.05, 0.1) is 18.1 Å². The average molecular weight is 390 g/mol. The van der Waals surface area contributed by atoms with E-state index in [4.69, 9.17) is 9.88 Å². The lowest BCUT2D eigenvalue weighted by Crippen LogP contribution is -2.37. The number of benzene rings is 1. The molecule has 1 fully saturated rings. The standard InChI is InChI=1S/C18H22N4O4S/c19-27(24,25)16-3-1-14(2-4-16)5-7-21-18(23)15-6-8-20-17(13-15)22-9-11-26-12-10-22/h1-4,6,8,13H,5,7,9-12H2,(H,21,23)(H2,19,24,25). The number of carbonyl (C=O) groups excluding carboxylic acids is 1. The Hall–Kier alpha value is -2.49. The van der Waals surface area contributed by atoms with Crippen LogP contribution in [0.15, 0.2) is 47.5 Å². The van der Waals surface area contributed by atoms with Gasteiger partial charge in [-0.15, -0.1) is 0 Å². The maximum Gasteiger partial charge on any atom is 0.251 e. The van der Waals surface area contributed by atoms with E-state index in [0.717, 1.165) is 24.5 Å². The molecule has 2 heterocycles. The number of nitrogens with two attached hydrogens (primary N) is 1. The van der Waals surface area contributed by atoms with E-state index >= 15 is 0 Å². The van der Waals surface area contributed by atoms with E-state index in [1.54, 1.807) is 30.5 Å². The summed E-state index contributed by atoms with van der Waals surface area (Å²) in [5.74, 6) is 0.595. The number of morpholine rings is 1. The summed E-state index contributed by atoms with van der Waals surface area (Å²) in [6, 6.07) is 9.76. The predicted octanol–water partition coefficient (Wildman–Crippen LogP) is 0.538. The van der Waals surface area contributed by atoms with Crippen molar-refractivity contribution >= 4 is 21.7 Å². The number of pyridine rings is 1. The van der Waals surface area contributed by atoms with Crippen molar-refractivity contribution in [1.82, 2.24) is 10.3 Å². The molecule has 0 aliphatic carbocycles. The maximum absolute atomic E-state index is 12.4.